The van der Waals surface area contributed by atoms with Crippen LogP contribution in [0.15, 0.2) is 0 Å². The van der Waals surface area contributed by atoms with Crippen molar-refractivity contribution in [1.29, 1.82) is 0 Å². The van der Waals surface area contributed by atoms with Gasteiger partial charge in [0, 0.05) is 12.3 Å². The molecule has 2 rings (SSSR count). The van der Waals surface area contributed by atoms with Crippen molar-refractivity contribution in [2.24, 2.45) is 5.73 Å². The van der Waals surface area contributed by atoms with Gasteiger partial charge in [-0.05, 0) is 37.8 Å². The van der Waals surface area contributed by atoms with E-state index in [1.54, 1.807) is 0 Å². The molecule has 1 aromatic heterocycles. The smallest absolute Gasteiger partial charge is 0.0777 e. The maximum atomic E-state index is 5.71. The number of rotatable bonds is 5. The molecule has 17 heavy (non-hydrogen) atoms. The van der Waals surface area contributed by atoms with Gasteiger partial charge in [-0.2, -0.15) is 5.10 Å². The fourth-order valence-corrected chi connectivity index (χ4v) is 2.66. The topological polar surface area (TPSA) is 53.1 Å². The van der Waals surface area contributed by atoms with E-state index >= 15 is 0 Å². The number of aryl methyl sites for hydroxylation is 1. The second kappa shape index (κ2) is 5.65. The molecule has 1 atom stereocenters. The van der Waals surface area contributed by atoms with Gasteiger partial charge < -0.3 is 10.5 Å². The third kappa shape index (κ3) is 2.38. The van der Waals surface area contributed by atoms with E-state index in [0.29, 0.717) is 12.6 Å². The lowest BCUT2D eigenvalue weighted by atomic mass is 10.1. The Morgan fingerprint density at radius 2 is 2.24 bits per heavy atom. The highest BCUT2D eigenvalue weighted by molar-refractivity contribution is 5.27. The van der Waals surface area contributed by atoms with Gasteiger partial charge in [0.15, 0.2) is 0 Å². The average molecular weight is 237 g/mol. The molecule has 2 heterocycles. The molecule has 96 valence electrons. The van der Waals surface area contributed by atoms with Crippen LogP contribution in [0.4, 0.5) is 0 Å². The van der Waals surface area contributed by atoms with Crippen LogP contribution >= 0.6 is 0 Å². The molecule has 1 saturated heterocycles. The van der Waals surface area contributed by atoms with Crippen LogP contribution in [-0.4, -0.2) is 29.5 Å². The Balaban J connectivity index is 2.36. The van der Waals surface area contributed by atoms with Gasteiger partial charge in [-0.1, -0.05) is 13.8 Å². The molecule has 1 aromatic rings. The van der Waals surface area contributed by atoms with Crippen LogP contribution in [0.25, 0.3) is 0 Å². The molecular formula is C13H23N3O. The molecule has 4 heteroatoms. The van der Waals surface area contributed by atoms with Crippen molar-refractivity contribution in [3.63, 3.8) is 0 Å². The minimum Gasteiger partial charge on any atom is -0.379 e. The third-order valence-corrected chi connectivity index (χ3v) is 3.52. The predicted molar refractivity (Wildman–Crippen MR) is 68.2 cm³/mol. The van der Waals surface area contributed by atoms with Gasteiger partial charge in [0.25, 0.3) is 0 Å². The van der Waals surface area contributed by atoms with Crippen molar-refractivity contribution in [2.75, 3.05) is 19.8 Å². The summed E-state index contributed by atoms with van der Waals surface area (Å²) in [6.07, 6.45) is 4.04. The fraction of sp³-hybridized carbons (Fsp3) is 0.769. The van der Waals surface area contributed by atoms with E-state index in [9.17, 15) is 0 Å². The van der Waals surface area contributed by atoms with Crippen LogP contribution < -0.4 is 5.73 Å². The minimum atomic E-state index is 0.432. The van der Waals surface area contributed by atoms with Crippen molar-refractivity contribution in [3.8, 4) is 0 Å². The Morgan fingerprint density at radius 3 is 2.76 bits per heavy atom. The molecule has 0 amide bonds. The van der Waals surface area contributed by atoms with Crippen LogP contribution in [0.1, 0.15) is 43.3 Å². The van der Waals surface area contributed by atoms with Crippen LogP contribution in [0.5, 0.6) is 0 Å². The highest BCUT2D eigenvalue weighted by Crippen LogP contribution is 2.25. The number of hydrogen-bond acceptors (Lipinski definition) is 3. The summed E-state index contributed by atoms with van der Waals surface area (Å²) in [5.74, 6) is 0. The van der Waals surface area contributed by atoms with E-state index in [4.69, 9.17) is 15.6 Å². The monoisotopic (exact) mass is 237 g/mol. The standard InChI is InChI=1S/C13H23N3O/c1-3-12-11(5-7-14)13(4-2)16(15-12)10-6-8-17-9-10/h10H,3-9,14H2,1-2H3. The van der Waals surface area contributed by atoms with Gasteiger partial charge in [-0.15, -0.1) is 0 Å². The molecule has 1 fully saturated rings. The van der Waals surface area contributed by atoms with E-state index in [1.165, 1.54) is 17.0 Å². The number of nitrogens with two attached hydrogens (primary N) is 1. The molecule has 0 bridgehead atoms. The molecule has 1 unspecified atom stereocenters. The van der Waals surface area contributed by atoms with Crippen molar-refractivity contribution in [1.82, 2.24) is 9.78 Å². The summed E-state index contributed by atoms with van der Waals surface area (Å²) in [5, 5.41) is 4.78. The van der Waals surface area contributed by atoms with Gasteiger partial charge in [0.2, 0.25) is 0 Å². The summed E-state index contributed by atoms with van der Waals surface area (Å²) in [6.45, 7) is 6.73. The Morgan fingerprint density at radius 1 is 1.41 bits per heavy atom. The van der Waals surface area contributed by atoms with Crippen molar-refractivity contribution in [2.45, 2.75) is 45.6 Å². The summed E-state index contributed by atoms with van der Waals surface area (Å²) < 4.78 is 7.67. The Hall–Kier alpha value is -0.870. The number of nitrogens with zero attached hydrogens (tertiary/aromatic N) is 2. The molecular weight excluding hydrogens is 214 g/mol. The van der Waals surface area contributed by atoms with E-state index in [1.807, 2.05) is 0 Å². The largest absolute Gasteiger partial charge is 0.379 e. The number of aromatic nitrogens is 2. The maximum Gasteiger partial charge on any atom is 0.0777 e. The molecule has 0 radical (unpaired) electrons. The first-order valence-corrected chi connectivity index (χ1v) is 6.68. The number of ether oxygens (including phenoxy) is 1. The van der Waals surface area contributed by atoms with Crippen molar-refractivity contribution >= 4 is 0 Å². The van der Waals surface area contributed by atoms with Crippen molar-refractivity contribution in [3.05, 3.63) is 17.0 Å². The summed E-state index contributed by atoms with van der Waals surface area (Å²) in [7, 11) is 0. The summed E-state index contributed by atoms with van der Waals surface area (Å²) in [5.41, 5.74) is 9.67. The van der Waals surface area contributed by atoms with Crippen molar-refractivity contribution < 1.29 is 4.74 Å². The Bertz CT molecular complexity index is 367. The SMILES string of the molecule is CCc1nn(C2CCOC2)c(CC)c1CCN. The first-order valence-electron chi connectivity index (χ1n) is 6.68. The van der Waals surface area contributed by atoms with Gasteiger partial charge in [-0.3, -0.25) is 4.68 Å². The van der Waals surface area contributed by atoms with Gasteiger partial charge in [-0.25, -0.2) is 0 Å². The quantitative estimate of drug-likeness (QED) is 0.843. The Labute approximate surface area is 103 Å². The van der Waals surface area contributed by atoms with E-state index < -0.39 is 0 Å². The lowest BCUT2D eigenvalue weighted by molar-refractivity contribution is 0.184. The molecule has 2 N–H and O–H groups in total. The molecule has 1 aliphatic rings. The van der Waals surface area contributed by atoms with E-state index in [0.717, 1.165) is 38.9 Å². The summed E-state index contributed by atoms with van der Waals surface area (Å²) >= 11 is 0. The lowest BCUT2D eigenvalue weighted by Gasteiger charge is -2.12. The average Bonchev–Trinajstić information content (AvgIpc) is 2.95. The van der Waals surface area contributed by atoms with Crippen LogP contribution in [0.3, 0.4) is 0 Å². The molecule has 0 saturated carbocycles. The normalized spacial score (nSPS) is 20.1. The highest BCUT2D eigenvalue weighted by atomic mass is 16.5. The third-order valence-electron chi connectivity index (χ3n) is 3.52. The van der Waals surface area contributed by atoms with Crippen LogP contribution in [-0.2, 0) is 24.0 Å². The zero-order chi connectivity index (χ0) is 12.3. The zero-order valence-corrected chi connectivity index (χ0v) is 10.9. The fourth-order valence-electron chi connectivity index (χ4n) is 2.66. The first-order chi connectivity index (χ1) is 8.31. The predicted octanol–water partition coefficient (Wildman–Crippen LogP) is 1.47. The summed E-state index contributed by atoms with van der Waals surface area (Å²) in [6, 6.07) is 0.432. The van der Waals surface area contributed by atoms with Gasteiger partial charge >= 0.3 is 0 Å². The van der Waals surface area contributed by atoms with E-state index in [2.05, 4.69) is 18.5 Å². The molecule has 0 spiro atoms. The first kappa shape index (κ1) is 12.6. The maximum absolute atomic E-state index is 5.71. The lowest BCUT2D eigenvalue weighted by Crippen LogP contribution is -2.14. The molecule has 1 aliphatic heterocycles. The second-order valence-electron chi connectivity index (χ2n) is 4.58. The van der Waals surface area contributed by atoms with Crippen LogP contribution in [0, 0.1) is 0 Å². The Kier molecular flexibility index (Phi) is 4.18. The minimum absolute atomic E-state index is 0.432. The van der Waals surface area contributed by atoms with Gasteiger partial charge in [0.05, 0.1) is 18.3 Å². The molecule has 4 nitrogen and oxygen atoms in total. The molecule has 0 aliphatic carbocycles. The number of hydrogen-bond donors (Lipinski definition) is 1. The van der Waals surface area contributed by atoms with E-state index in [-0.39, 0.29) is 0 Å². The molecule has 0 aromatic carbocycles. The second-order valence-corrected chi connectivity index (χ2v) is 4.58. The van der Waals surface area contributed by atoms with Crippen LogP contribution in [0.2, 0.25) is 0 Å². The zero-order valence-electron chi connectivity index (χ0n) is 10.9. The van der Waals surface area contributed by atoms with Gasteiger partial charge in [0.1, 0.15) is 0 Å². The highest BCUT2D eigenvalue weighted by Gasteiger charge is 2.23. The summed E-state index contributed by atoms with van der Waals surface area (Å²) in [4.78, 5) is 0.